The van der Waals surface area contributed by atoms with E-state index in [1.165, 1.54) is 24.6 Å². The summed E-state index contributed by atoms with van der Waals surface area (Å²) in [6.07, 6.45) is 5.09. The van der Waals surface area contributed by atoms with Crippen molar-refractivity contribution in [3.63, 3.8) is 0 Å². The van der Waals surface area contributed by atoms with Crippen molar-refractivity contribution in [2.75, 3.05) is 6.61 Å². The summed E-state index contributed by atoms with van der Waals surface area (Å²) in [5.41, 5.74) is -0.0758. The van der Waals surface area contributed by atoms with Crippen LogP contribution in [0.3, 0.4) is 0 Å². The number of carbonyl (C=O) groups is 2. The van der Waals surface area contributed by atoms with Crippen molar-refractivity contribution >= 4 is 11.9 Å². The van der Waals surface area contributed by atoms with Crippen LogP contribution >= 0.6 is 0 Å². The van der Waals surface area contributed by atoms with Gasteiger partial charge in [-0.25, -0.2) is 9.48 Å². The molecule has 3 atom stereocenters. The molecule has 180 valence electrons. The zero-order valence-corrected chi connectivity index (χ0v) is 19.0. The van der Waals surface area contributed by atoms with Crippen molar-refractivity contribution in [2.24, 2.45) is 0 Å². The van der Waals surface area contributed by atoms with E-state index in [-0.39, 0.29) is 25.1 Å². The van der Waals surface area contributed by atoms with Crippen LogP contribution in [0.15, 0.2) is 22.0 Å². The summed E-state index contributed by atoms with van der Waals surface area (Å²) in [7, 11) is 0. The quantitative estimate of drug-likeness (QED) is 0.397. The van der Waals surface area contributed by atoms with Gasteiger partial charge >= 0.3 is 17.6 Å². The summed E-state index contributed by atoms with van der Waals surface area (Å²) in [4.78, 5) is 49.8. The molecule has 1 fully saturated rings. The highest BCUT2D eigenvalue weighted by Crippen LogP contribution is 2.30. The molecule has 33 heavy (non-hydrogen) atoms. The maximum absolute atomic E-state index is 12.5. The fourth-order valence-corrected chi connectivity index (χ4v) is 3.67. The predicted octanol–water partition coefficient (Wildman–Crippen LogP) is 0.691. The molecule has 1 saturated heterocycles. The van der Waals surface area contributed by atoms with Crippen LogP contribution in [0.1, 0.15) is 63.9 Å². The van der Waals surface area contributed by atoms with Gasteiger partial charge in [-0.2, -0.15) is 0 Å². The Hall–Kier alpha value is -3.28. The van der Waals surface area contributed by atoms with Crippen molar-refractivity contribution in [3.8, 4) is 0 Å². The van der Waals surface area contributed by atoms with Crippen LogP contribution < -0.4 is 11.2 Å². The highest BCUT2D eigenvalue weighted by Gasteiger charge is 2.39. The van der Waals surface area contributed by atoms with Crippen LogP contribution in [0.4, 0.5) is 0 Å². The van der Waals surface area contributed by atoms with Crippen molar-refractivity contribution in [2.45, 2.75) is 77.9 Å². The summed E-state index contributed by atoms with van der Waals surface area (Å²) in [6, 6.07) is 0. The molecule has 0 radical (unpaired) electrons. The van der Waals surface area contributed by atoms with E-state index < -0.39 is 41.6 Å². The third-order valence-electron chi connectivity index (χ3n) is 5.26. The molecule has 0 amide bonds. The largest absolute Gasteiger partial charge is 0.463 e. The fourth-order valence-electron chi connectivity index (χ4n) is 3.67. The van der Waals surface area contributed by atoms with Crippen molar-refractivity contribution in [1.82, 2.24) is 24.5 Å². The molecule has 12 heteroatoms. The molecule has 2 aromatic heterocycles. The number of esters is 2. The predicted molar refractivity (Wildman–Crippen MR) is 114 cm³/mol. The van der Waals surface area contributed by atoms with Gasteiger partial charge in [-0.15, -0.1) is 5.10 Å². The number of H-pyrrole nitrogens is 1. The minimum atomic E-state index is -0.821. The molecule has 3 heterocycles. The molecule has 0 aromatic carbocycles. The van der Waals surface area contributed by atoms with Crippen LogP contribution in [0.5, 0.6) is 0 Å². The molecule has 3 rings (SSSR count). The number of hydrogen-bond donors (Lipinski definition) is 1. The lowest BCUT2D eigenvalue weighted by molar-refractivity contribution is -0.155. The minimum absolute atomic E-state index is 0.118. The Balaban J connectivity index is 1.77. The molecular formula is C21H29N5O7. The van der Waals surface area contributed by atoms with Crippen LogP contribution in [0.2, 0.25) is 0 Å². The molecular weight excluding hydrogens is 434 g/mol. The number of ether oxygens (including phenoxy) is 3. The lowest BCUT2D eigenvalue weighted by Gasteiger charge is -2.17. The maximum Gasteiger partial charge on any atom is 0.330 e. The highest BCUT2D eigenvalue weighted by molar-refractivity contribution is 5.66. The molecule has 0 unspecified atom stereocenters. The summed E-state index contributed by atoms with van der Waals surface area (Å²) < 4.78 is 18.9. The van der Waals surface area contributed by atoms with Gasteiger partial charge in [0.05, 0.1) is 17.8 Å². The first-order valence-corrected chi connectivity index (χ1v) is 11.0. The van der Waals surface area contributed by atoms with E-state index in [1.54, 1.807) is 10.9 Å². The van der Waals surface area contributed by atoms with E-state index in [0.29, 0.717) is 0 Å². The van der Waals surface area contributed by atoms with Crippen LogP contribution in [0.25, 0.3) is 0 Å². The van der Waals surface area contributed by atoms with E-state index in [9.17, 15) is 19.2 Å². The molecule has 1 N–H and O–H groups in total. The smallest absolute Gasteiger partial charge is 0.330 e. The first-order chi connectivity index (χ1) is 15.8. The zero-order valence-electron chi connectivity index (χ0n) is 19.0. The van der Waals surface area contributed by atoms with Crippen LogP contribution in [-0.4, -0.2) is 55.3 Å². The molecule has 0 saturated carbocycles. The summed E-state index contributed by atoms with van der Waals surface area (Å²) in [5.74, 6) is -1.03. The highest BCUT2D eigenvalue weighted by atomic mass is 16.6. The first-order valence-electron chi connectivity index (χ1n) is 11.0. The number of carbonyl (C=O) groups excluding carboxylic acids is 2. The van der Waals surface area contributed by atoms with E-state index in [4.69, 9.17) is 14.2 Å². The molecule has 0 bridgehead atoms. The number of aromatic amines is 1. The second-order valence-corrected chi connectivity index (χ2v) is 8.00. The maximum atomic E-state index is 12.5. The van der Waals surface area contributed by atoms with Gasteiger partial charge in [-0.1, -0.05) is 25.0 Å². The molecule has 0 spiro atoms. The van der Waals surface area contributed by atoms with E-state index in [0.717, 1.165) is 31.4 Å². The Labute approximate surface area is 189 Å². The number of hydrogen-bond acceptors (Lipinski definition) is 9. The third kappa shape index (κ3) is 6.60. The van der Waals surface area contributed by atoms with E-state index in [2.05, 4.69) is 22.2 Å². The van der Waals surface area contributed by atoms with Gasteiger partial charge in [0.25, 0.3) is 5.56 Å². The summed E-state index contributed by atoms with van der Waals surface area (Å²) in [6.45, 7) is 4.63. The summed E-state index contributed by atoms with van der Waals surface area (Å²) in [5, 5.41) is 8.20. The van der Waals surface area contributed by atoms with Gasteiger partial charge in [-0.05, 0) is 12.8 Å². The molecule has 2 aromatic rings. The lowest BCUT2D eigenvalue weighted by Crippen LogP contribution is -2.35. The van der Waals surface area contributed by atoms with Gasteiger partial charge in [0.1, 0.15) is 25.0 Å². The van der Waals surface area contributed by atoms with Gasteiger partial charge < -0.3 is 14.2 Å². The number of nitrogens with zero attached hydrogens (tertiary/aromatic N) is 4. The molecule has 1 aliphatic rings. The number of rotatable bonds is 10. The Morgan fingerprint density at radius 1 is 1.21 bits per heavy atom. The van der Waals surface area contributed by atoms with Crippen molar-refractivity contribution in [3.05, 3.63) is 44.5 Å². The monoisotopic (exact) mass is 463 g/mol. The second kappa shape index (κ2) is 11.0. The van der Waals surface area contributed by atoms with Gasteiger partial charge in [0.2, 0.25) is 0 Å². The van der Waals surface area contributed by atoms with Crippen molar-refractivity contribution < 1.29 is 23.8 Å². The van der Waals surface area contributed by atoms with E-state index >= 15 is 0 Å². The number of nitrogens with one attached hydrogen (secondary N) is 1. The van der Waals surface area contributed by atoms with Gasteiger partial charge in [-0.3, -0.25) is 23.9 Å². The fraction of sp³-hybridized carbons (Fsp3) is 0.619. The average molecular weight is 463 g/mol. The molecule has 0 aliphatic carbocycles. The Kier molecular flexibility index (Phi) is 8.15. The Bertz CT molecular complexity index is 1090. The second-order valence-electron chi connectivity index (χ2n) is 8.00. The Morgan fingerprint density at radius 2 is 2.00 bits per heavy atom. The first kappa shape index (κ1) is 24.4. The number of aryl methyl sites for hydroxylation is 1. The van der Waals surface area contributed by atoms with Crippen molar-refractivity contribution in [1.29, 1.82) is 0 Å². The molecule has 1 aliphatic heterocycles. The number of unbranched alkanes of at least 4 members (excludes halogenated alkanes) is 2. The summed E-state index contributed by atoms with van der Waals surface area (Å²) >= 11 is 0. The Morgan fingerprint density at radius 3 is 2.70 bits per heavy atom. The zero-order chi connectivity index (χ0) is 24.0. The standard InChI is InChI=1S/C21H29N5O7/c1-4-5-6-7-16-11-25(24-23-16)9-15-10-26(21(30)22-20(15)29)19-8-17(32-14(3)28)18(33-19)12-31-13(2)27/h10-11,17-19H,4-9,12H2,1-3H3,(H,22,29,30)/t17-,18+,19+/m0/s1. The van der Waals surface area contributed by atoms with Crippen LogP contribution in [0, 0.1) is 0 Å². The lowest BCUT2D eigenvalue weighted by atomic mass is 10.2. The average Bonchev–Trinajstić information content (AvgIpc) is 3.35. The third-order valence-corrected chi connectivity index (χ3v) is 5.26. The van der Waals surface area contributed by atoms with Gasteiger partial charge in [0.15, 0.2) is 0 Å². The topological polar surface area (TPSA) is 147 Å². The minimum Gasteiger partial charge on any atom is -0.463 e. The van der Waals surface area contributed by atoms with Crippen LogP contribution in [-0.2, 0) is 36.8 Å². The van der Waals surface area contributed by atoms with Gasteiger partial charge in [0, 0.05) is 32.7 Å². The molecule has 12 nitrogen and oxygen atoms in total. The normalized spacial score (nSPS) is 20.0. The van der Waals surface area contributed by atoms with E-state index in [1.807, 2.05) is 0 Å². The SMILES string of the molecule is CCCCCc1cn(Cc2cn([C@H]3C[C@H](OC(C)=O)[C@@H](COC(C)=O)O3)c(=O)[nH]c2=O)nn1. The number of aromatic nitrogens is 5.